The molecule has 1 saturated carbocycles. The molecule has 2 aliphatic rings. The molecule has 9 heteroatoms. The Labute approximate surface area is 192 Å². The molecule has 0 aliphatic heterocycles. The number of nitrogen functional groups attached to an aromatic ring is 1. The van der Waals surface area contributed by atoms with Crippen LogP contribution in [-0.2, 0) is 6.42 Å². The smallest absolute Gasteiger partial charge is 0.341 e. The standard InChI is InChI=1S/C23H23ClFN3O3S/c1-23(2)6-5-9-7-12(32-20(9)21(23)27)13-15(24)18-14(17(26)16(13)25)19(29)11(22(30)31)8-28(18)10-3-4-10/h7-8,10,21H,3-6,26-27H2,1-2H3,(H,30,31). The number of anilines is 1. The lowest BCUT2D eigenvalue weighted by atomic mass is 9.74. The van der Waals surface area contributed by atoms with Crippen LogP contribution in [0.25, 0.3) is 21.3 Å². The number of carbonyl (C=O) groups is 1. The highest BCUT2D eigenvalue weighted by Gasteiger charge is 2.36. The number of carboxylic acid groups (broad SMARTS) is 1. The van der Waals surface area contributed by atoms with Crippen LogP contribution < -0.4 is 16.9 Å². The molecule has 2 heterocycles. The van der Waals surface area contributed by atoms with Crippen LogP contribution in [0.3, 0.4) is 0 Å². The maximum Gasteiger partial charge on any atom is 0.341 e. The number of rotatable bonds is 3. The molecular weight excluding hydrogens is 453 g/mol. The Balaban J connectivity index is 1.82. The third kappa shape index (κ3) is 3.00. The minimum atomic E-state index is -1.38. The van der Waals surface area contributed by atoms with Gasteiger partial charge in [-0.15, -0.1) is 11.3 Å². The van der Waals surface area contributed by atoms with Crippen molar-refractivity contribution in [3.8, 4) is 10.4 Å². The van der Waals surface area contributed by atoms with Gasteiger partial charge in [0.25, 0.3) is 0 Å². The normalized spacial score (nSPS) is 19.8. The molecule has 5 N–H and O–H groups in total. The van der Waals surface area contributed by atoms with Crippen LogP contribution in [-0.4, -0.2) is 15.6 Å². The summed E-state index contributed by atoms with van der Waals surface area (Å²) in [5.41, 5.74) is 12.4. The van der Waals surface area contributed by atoms with Crippen LogP contribution in [0.4, 0.5) is 10.1 Å². The lowest BCUT2D eigenvalue weighted by molar-refractivity contribution is 0.0695. The van der Waals surface area contributed by atoms with Gasteiger partial charge in [-0.2, -0.15) is 0 Å². The van der Waals surface area contributed by atoms with Crippen molar-refractivity contribution >= 4 is 45.5 Å². The van der Waals surface area contributed by atoms with Gasteiger partial charge in [-0.3, -0.25) is 4.79 Å². The van der Waals surface area contributed by atoms with Gasteiger partial charge in [-0.25, -0.2) is 9.18 Å². The predicted octanol–water partition coefficient (Wildman–Crippen LogP) is 5.11. The van der Waals surface area contributed by atoms with Crippen molar-refractivity contribution in [1.29, 1.82) is 0 Å². The van der Waals surface area contributed by atoms with E-state index in [9.17, 15) is 14.7 Å². The first-order valence-electron chi connectivity index (χ1n) is 10.5. The molecule has 5 rings (SSSR count). The van der Waals surface area contributed by atoms with Gasteiger partial charge in [0, 0.05) is 28.0 Å². The number of thiophene rings is 1. The Kier molecular flexibility index (Phi) is 4.71. The summed E-state index contributed by atoms with van der Waals surface area (Å²) < 4.78 is 17.3. The lowest BCUT2D eigenvalue weighted by Crippen LogP contribution is -2.32. The summed E-state index contributed by atoms with van der Waals surface area (Å²) in [6, 6.07) is 1.74. The number of pyridine rings is 1. The molecule has 1 aromatic carbocycles. The van der Waals surface area contributed by atoms with Crippen LogP contribution in [0.5, 0.6) is 0 Å². The largest absolute Gasteiger partial charge is 0.477 e. The van der Waals surface area contributed by atoms with Crippen LogP contribution in [0, 0.1) is 11.2 Å². The average Bonchev–Trinajstić information content (AvgIpc) is 3.48. The van der Waals surface area contributed by atoms with Gasteiger partial charge in [0.15, 0.2) is 5.82 Å². The fourth-order valence-electron chi connectivity index (χ4n) is 4.57. The molecule has 1 fully saturated rings. The predicted molar refractivity (Wildman–Crippen MR) is 125 cm³/mol. The van der Waals surface area contributed by atoms with E-state index in [0.29, 0.717) is 4.88 Å². The van der Waals surface area contributed by atoms with E-state index in [4.69, 9.17) is 23.1 Å². The SMILES string of the molecule is CC1(C)CCc2cc(-c3c(F)c(N)c4c(=O)c(C(=O)O)cn(C5CC5)c4c3Cl)sc2C1N. The number of carboxylic acids is 1. The number of fused-ring (bicyclic) bond motifs is 2. The molecule has 3 aromatic rings. The van der Waals surface area contributed by atoms with E-state index >= 15 is 4.39 Å². The van der Waals surface area contributed by atoms with E-state index in [0.717, 1.165) is 36.1 Å². The number of hydrogen-bond donors (Lipinski definition) is 3. The van der Waals surface area contributed by atoms with Crippen molar-refractivity contribution in [2.24, 2.45) is 11.1 Å². The second kappa shape index (κ2) is 7.04. The summed E-state index contributed by atoms with van der Waals surface area (Å²) in [5, 5.41) is 9.37. The highest BCUT2D eigenvalue weighted by atomic mass is 35.5. The molecule has 2 aromatic heterocycles. The number of halogens is 2. The van der Waals surface area contributed by atoms with Gasteiger partial charge in [0.2, 0.25) is 5.43 Å². The molecule has 1 atom stereocenters. The summed E-state index contributed by atoms with van der Waals surface area (Å²) in [6.07, 6.45) is 4.69. The quantitative estimate of drug-likeness (QED) is 0.456. The number of nitrogens with zero attached hydrogens (tertiary/aromatic N) is 1. The van der Waals surface area contributed by atoms with E-state index in [1.807, 2.05) is 6.07 Å². The van der Waals surface area contributed by atoms with Crippen molar-refractivity contribution in [2.45, 2.75) is 51.6 Å². The molecule has 1 unspecified atom stereocenters. The topological polar surface area (TPSA) is 111 Å². The van der Waals surface area contributed by atoms with Crippen LogP contribution in [0.1, 0.15) is 66.0 Å². The number of aromatic nitrogens is 1. The first kappa shape index (κ1) is 21.4. The van der Waals surface area contributed by atoms with Gasteiger partial charge in [-0.1, -0.05) is 25.4 Å². The molecule has 0 spiro atoms. The molecule has 0 amide bonds. The summed E-state index contributed by atoms with van der Waals surface area (Å²) in [7, 11) is 0. The van der Waals surface area contributed by atoms with Crippen molar-refractivity contribution in [3.63, 3.8) is 0 Å². The first-order chi connectivity index (χ1) is 15.0. The molecule has 2 aliphatic carbocycles. The van der Waals surface area contributed by atoms with E-state index in [2.05, 4.69) is 13.8 Å². The van der Waals surface area contributed by atoms with E-state index in [-0.39, 0.29) is 44.7 Å². The van der Waals surface area contributed by atoms with Crippen molar-refractivity contribution in [2.75, 3.05) is 5.73 Å². The Bertz CT molecular complexity index is 1370. The number of aryl methyl sites for hydroxylation is 1. The van der Waals surface area contributed by atoms with Crippen LogP contribution >= 0.6 is 22.9 Å². The second-order valence-electron chi connectivity index (χ2n) is 9.42. The van der Waals surface area contributed by atoms with Gasteiger partial charge in [0.1, 0.15) is 5.56 Å². The third-order valence-corrected chi connectivity index (χ3v) is 8.46. The fourth-order valence-corrected chi connectivity index (χ4v) is 6.47. The summed E-state index contributed by atoms with van der Waals surface area (Å²) in [6.45, 7) is 4.24. The Hall–Kier alpha value is -2.42. The maximum atomic E-state index is 15.6. The van der Waals surface area contributed by atoms with E-state index < -0.39 is 22.8 Å². The van der Waals surface area contributed by atoms with Gasteiger partial charge in [0.05, 0.1) is 27.2 Å². The molecule has 0 bridgehead atoms. The van der Waals surface area contributed by atoms with Crippen molar-refractivity contribution in [3.05, 3.63) is 49.3 Å². The molecule has 0 saturated heterocycles. The summed E-state index contributed by atoms with van der Waals surface area (Å²) in [5.74, 6) is -2.19. The lowest BCUT2D eigenvalue weighted by Gasteiger charge is -2.35. The minimum absolute atomic E-state index is 0.00262. The zero-order valence-electron chi connectivity index (χ0n) is 17.7. The zero-order valence-corrected chi connectivity index (χ0v) is 19.2. The van der Waals surface area contributed by atoms with Gasteiger partial charge < -0.3 is 21.1 Å². The molecular formula is C23H23ClFN3O3S. The second-order valence-corrected chi connectivity index (χ2v) is 10.9. The molecule has 168 valence electrons. The molecule has 0 radical (unpaired) electrons. The van der Waals surface area contributed by atoms with Crippen molar-refractivity contribution in [1.82, 2.24) is 4.57 Å². The average molecular weight is 476 g/mol. The summed E-state index contributed by atoms with van der Waals surface area (Å²) >= 11 is 8.16. The highest BCUT2D eigenvalue weighted by molar-refractivity contribution is 7.15. The van der Waals surface area contributed by atoms with Gasteiger partial charge in [-0.05, 0) is 42.7 Å². The zero-order chi connectivity index (χ0) is 23.1. The number of aromatic carboxylic acids is 1. The number of hydrogen-bond acceptors (Lipinski definition) is 5. The molecule has 6 nitrogen and oxygen atoms in total. The van der Waals surface area contributed by atoms with Crippen molar-refractivity contribution < 1.29 is 14.3 Å². The minimum Gasteiger partial charge on any atom is -0.477 e. The number of nitrogens with two attached hydrogens (primary N) is 2. The van der Waals surface area contributed by atoms with Crippen LogP contribution in [0.2, 0.25) is 5.02 Å². The van der Waals surface area contributed by atoms with E-state index in [1.54, 1.807) is 4.57 Å². The Morgan fingerprint density at radius 3 is 2.69 bits per heavy atom. The van der Waals surface area contributed by atoms with E-state index in [1.165, 1.54) is 17.5 Å². The number of benzene rings is 1. The summed E-state index contributed by atoms with van der Waals surface area (Å²) in [4.78, 5) is 26.1. The third-order valence-electron chi connectivity index (χ3n) is 6.81. The monoisotopic (exact) mass is 475 g/mol. The Morgan fingerprint density at radius 1 is 1.38 bits per heavy atom. The first-order valence-corrected chi connectivity index (χ1v) is 11.7. The van der Waals surface area contributed by atoms with Crippen LogP contribution in [0.15, 0.2) is 17.1 Å². The van der Waals surface area contributed by atoms with Gasteiger partial charge >= 0.3 is 5.97 Å². The Morgan fingerprint density at radius 2 is 2.06 bits per heavy atom. The fraction of sp³-hybridized carbons (Fsp3) is 0.391. The maximum absolute atomic E-state index is 15.6. The molecule has 32 heavy (non-hydrogen) atoms. The highest BCUT2D eigenvalue weighted by Crippen LogP contribution is 2.50.